The molecule has 1 unspecified atom stereocenters. The fourth-order valence-corrected chi connectivity index (χ4v) is 2.96. The van der Waals surface area contributed by atoms with Crippen LogP contribution < -0.4 is 4.74 Å². The maximum atomic E-state index is 5.73. The zero-order valence-electron chi connectivity index (χ0n) is 8.07. The highest BCUT2D eigenvalue weighted by Gasteiger charge is 2.25. The largest absolute Gasteiger partial charge is 0.497 e. The predicted octanol–water partition coefficient (Wildman–Crippen LogP) is 1.97. The smallest absolute Gasteiger partial charge is 0.119 e. The molecule has 1 heterocycles. The monoisotopic (exact) mass is 200 g/mol. The second-order valence-electron chi connectivity index (χ2n) is 3.40. The van der Waals surface area contributed by atoms with E-state index in [1.165, 1.54) is 10.5 Å². The van der Waals surface area contributed by atoms with Gasteiger partial charge in [-0.15, -0.1) is 17.5 Å². The first-order valence-corrected chi connectivity index (χ1v) is 5.53. The van der Waals surface area contributed by atoms with E-state index >= 15 is 0 Å². The van der Waals surface area contributed by atoms with Gasteiger partial charge in [-0.05, 0) is 29.7 Å². The molecule has 0 bridgehead atoms. The lowest BCUT2D eigenvalue weighted by Crippen LogP contribution is -2.06. The van der Waals surface area contributed by atoms with E-state index in [9.17, 15) is 0 Å². The molecule has 0 saturated heterocycles. The SMILES string of the molecule is [B]C([B])C1CSc2ccc(OC)cc21. The van der Waals surface area contributed by atoms with Gasteiger partial charge >= 0.3 is 0 Å². The average molecular weight is 200 g/mol. The molecule has 1 aliphatic heterocycles. The maximum Gasteiger partial charge on any atom is 0.119 e. The Hall–Kier alpha value is -0.500. The molecule has 0 amide bonds. The maximum absolute atomic E-state index is 5.73. The highest BCUT2D eigenvalue weighted by atomic mass is 32.2. The Kier molecular flexibility index (Phi) is 2.82. The number of benzene rings is 1. The third kappa shape index (κ3) is 1.68. The molecular weight excluding hydrogens is 190 g/mol. The molecule has 68 valence electrons. The number of thioether (sulfide) groups is 1. The summed E-state index contributed by atoms with van der Waals surface area (Å²) >= 11 is 1.81. The van der Waals surface area contributed by atoms with Gasteiger partial charge in [0.05, 0.1) is 22.8 Å². The highest BCUT2D eigenvalue weighted by Crippen LogP contribution is 2.44. The van der Waals surface area contributed by atoms with E-state index in [0.29, 0.717) is 0 Å². The molecular formula is C10H10B2OS. The van der Waals surface area contributed by atoms with Crippen molar-refractivity contribution in [3.8, 4) is 5.75 Å². The summed E-state index contributed by atoms with van der Waals surface area (Å²) in [6.45, 7) is 0. The van der Waals surface area contributed by atoms with Crippen LogP contribution in [0.2, 0.25) is 5.72 Å². The Morgan fingerprint density at radius 3 is 2.93 bits per heavy atom. The van der Waals surface area contributed by atoms with E-state index in [-0.39, 0.29) is 11.6 Å². The number of hydrogen-bond acceptors (Lipinski definition) is 2. The van der Waals surface area contributed by atoms with Gasteiger partial charge in [-0.3, -0.25) is 0 Å². The van der Waals surface area contributed by atoms with Gasteiger partial charge in [0.15, 0.2) is 0 Å². The lowest BCUT2D eigenvalue weighted by molar-refractivity contribution is 0.413. The van der Waals surface area contributed by atoms with Crippen LogP contribution in [-0.4, -0.2) is 28.6 Å². The van der Waals surface area contributed by atoms with Gasteiger partial charge in [-0.1, -0.05) is 0 Å². The van der Waals surface area contributed by atoms with Crippen LogP contribution in [0.4, 0.5) is 0 Å². The van der Waals surface area contributed by atoms with Crippen molar-refractivity contribution in [3.63, 3.8) is 0 Å². The van der Waals surface area contributed by atoms with Crippen LogP contribution in [0, 0.1) is 0 Å². The fourth-order valence-electron chi connectivity index (χ4n) is 1.66. The van der Waals surface area contributed by atoms with Gasteiger partial charge in [-0.25, -0.2) is 0 Å². The van der Waals surface area contributed by atoms with E-state index in [2.05, 4.69) is 6.07 Å². The standard InChI is InChI=1S/C10H10B2OS/c1-13-6-2-3-9-7(4-6)8(5-14-9)10(11)12/h2-4,8,10H,5H2,1H3. The summed E-state index contributed by atoms with van der Waals surface area (Å²) in [5, 5.41) is 0. The number of hydrogen-bond donors (Lipinski definition) is 0. The summed E-state index contributed by atoms with van der Waals surface area (Å²) in [6.07, 6.45) is 0. The fraction of sp³-hybridized carbons (Fsp3) is 0.400. The van der Waals surface area contributed by atoms with Crippen LogP contribution in [0.3, 0.4) is 0 Å². The van der Waals surface area contributed by atoms with E-state index in [1.54, 1.807) is 7.11 Å². The van der Waals surface area contributed by atoms with Crippen molar-refractivity contribution in [2.45, 2.75) is 16.5 Å². The molecule has 1 aromatic carbocycles. The van der Waals surface area contributed by atoms with E-state index < -0.39 is 0 Å². The minimum absolute atomic E-state index is 0.255. The molecule has 2 rings (SSSR count). The first-order chi connectivity index (χ1) is 6.72. The van der Waals surface area contributed by atoms with Gasteiger partial charge in [0, 0.05) is 10.6 Å². The summed E-state index contributed by atoms with van der Waals surface area (Å²) in [6, 6.07) is 6.07. The lowest BCUT2D eigenvalue weighted by Gasteiger charge is -2.15. The number of ether oxygens (including phenoxy) is 1. The first kappa shape index (κ1) is 10.0. The second kappa shape index (κ2) is 3.93. The van der Waals surface area contributed by atoms with Gasteiger partial charge in [0.1, 0.15) is 5.75 Å². The van der Waals surface area contributed by atoms with Crippen molar-refractivity contribution >= 4 is 27.5 Å². The summed E-state index contributed by atoms with van der Waals surface area (Å²) in [4.78, 5) is 1.27. The van der Waals surface area contributed by atoms with E-state index in [4.69, 9.17) is 20.4 Å². The molecule has 1 aromatic rings. The van der Waals surface area contributed by atoms with E-state index in [0.717, 1.165) is 11.5 Å². The minimum atomic E-state index is -0.282. The van der Waals surface area contributed by atoms with Crippen molar-refractivity contribution in [1.82, 2.24) is 0 Å². The van der Waals surface area contributed by atoms with Crippen molar-refractivity contribution in [3.05, 3.63) is 23.8 Å². The molecule has 14 heavy (non-hydrogen) atoms. The molecule has 0 aliphatic carbocycles. The molecule has 1 aliphatic rings. The molecule has 4 heteroatoms. The van der Waals surface area contributed by atoms with Crippen molar-refractivity contribution in [2.24, 2.45) is 0 Å². The Morgan fingerprint density at radius 2 is 2.29 bits per heavy atom. The first-order valence-electron chi connectivity index (χ1n) is 4.54. The lowest BCUT2D eigenvalue weighted by atomic mass is 9.62. The van der Waals surface area contributed by atoms with Crippen LogP contribution in [0.25, 0.3) is 0 Å². The predicted molar refractivity (Wildman–Crippen MR) is 61.7 cm³/mol. The molecule has 0 aromatic heterocycles. The molecule has 4 radical (unpaired) electrons. The molecule has 0 spiro atoms. The van der Waals surface area contributed by atoms with Gasteiger partial charge in [-0.2, -0.15) is 0 Å². The van der Waals surface area contributed by atoms with Gasteiger partial charge < -0.3 is 4.74 Å². The van der Waals surface area contributed by atoms with Crippen molar-refractivity contribution < 1.29 is 4.74 Å². The number of methoxy groups -OCH3 is 1. The zero-order chi connectivity index (χ0) is 10.1. The molecule has 1 atom stereocenters. The van der Waals surface area contributed by atoms with Crippen LogP contribution in [0.15, 0.2) is 23.1 Å². The summed E-state index contributed by atoms with van der Waals surface area (Å²) in [5.74, 6) is 2.10. The van der Waals surface area contributed by atoms with Gasteiger partial charge in [0.25, 0.3) is 0 Å². The topological polar surface area (TPSA) is 9.23 Å². The zero-order valence-corrected chi connectivity index (χ0v) is 8.88. The Balaban J connectivity index is 2.37. The normalized spacial score (nSPS) is 19.7. The Labute approximate surface area is 91.4 Å². The summed E-state index contributed by atoms with van der Waals surface area (Å²) < 4.78 is 5.18. The Bertz CT molecular complexity index is 341. The van der Waals surface area contributed by atoms with E-state index in [1.807, 2.05) is 23.9 Å². The molecule has 1 nitrogen and oxygen atoms in total. The van der Waals surface area contributed by atoms with Crippen LogP contribution >= 0.6 is 11.8 Å². The quantitative estimate of drug-likeness (QED) is 0.674. The molecule has 0 N–H and O–H groups in total. The molecule has 0 saturated carbocycles. The third-order valence-corrected chi connectivity index (χ3v) is 3.71. The van der Waals surface area contributed by atoms with Gasteiger partial charge in [0.2, 0.25) is 0 Å². The highest BCUT2D eigenvalue weighted by molar-refractivity contribution is 7.99. The average Bonchev–Trinajstić information content (AvgIpc) is 2.59. The van der Waals surface area contributed by atoms with Crippen LogP contribution in [0.1, 0.15) is 11.5 Å². The van der Waals surface area contributed by atoms with Crippen molar-refractivity contribution in [1.29, 1.82) is 0 Å². The number of fused-ring (bicyclic) bond motifs is 1. The third-order valence-electron chi connectivity index (χ3n) is 2.50. The Morgan fingerprint density at radius 1 is 1.50 bits per heavy atom. The summed E-state index contributed by atoms with van der Waals surface area (Å²) in [7, 11) is 13.1. The van der Waals surface area contributed by atoms with Crippen LogP contribution in [-0.2, 0) is 0 Å². The number of rotatable bonds is 2. The second-order valence-corrected chi connectivity index (χ2v) is 4.46. The van der Waals surface area contributed by atoms with Crippen molar-refractivity contribution in [2.75, 3.05) is 12.9 Å². The minimum Gasteiger partial charge on any atom is -0.497 e. The van der Waals surface area contributed by atoms with Crippen LogP contribution in [0.5, 0.6) is 5.75 Å². The molecule has 0 fully saturated rings. The summed E-state index contributed by atoms with van der Waals surface area (Å²) in [5.41, 5.74) is 0.945.